The first kappa shape index (κ1) is 25.1. The zero-order valence-corrected chi connectivity index (χ0v) is 22.5. The molecule has 0 saturated carbocycles. The normalized spacial score (nSPS) is 9.19. The Morgan fingerprint density at radius 2 is 1.57 bits per heavy atom. The molecule has 2 radical (unpaired) electrons. The van der Waals surface area contributed by atoms with E-state index in [1.165, 1.54) is 10.8 Å². The van der Waals surface area contributed by atoms with Crippen molar-refractivity contribution in [1.29, 1.82) is 0 Å². The quantitative estimate of drug-likeness (QED) is 0.156. The van der Waals surface area contributed by atoms with Crippen LogP contribution in [0.3, 0.4) is 0 Å². The van der Waals surface area contributed by atoms with Gasteiger partial charge in [0.1, 0.15) is 0 Å². The van der Waals surface area contributed by atoms with Crippen LogP contribution < -0.4 is 0 Å². The molecular formula is C15H22BrI2NSiZr. The third-order valence-corrected chi connectivity index (χ3v) is 2.04. The van der Waals surface area contributed by atoms with Crippen LogP contribution in [0.15, 0.2) is 40.9 Å². The molecule has 0 aliphatic rings. The molecule has 0 amide bonds. The maximum atomic E-state index is 6.94. The molecule has 1 N–H and O–H groups in total. The number of fused-ring (bicyclic) bond motifs is 1. The maximum absolute atomic E-state index is 6.94. The number of nitrogens with one attached hydrogen (secondary N) is 1. The molecule has 0 spiro atoms. The molecule has 6 heteroatoms. The van der Waals surface area contributed by atoms with E-state index >= 15 is 0 Å². The number of halogens is 3. The van der Waals surface area contributed by atoms with Gasteiger partial charge in [-0.25, -0.2) is 0 Å². The Kier molecular flexibility index (Phi) is 18.3. The van der Waals surface area contributed by atoms with Crippen molar-refractivity contribution in [3.8, 4) is 0 Å². The van der Waals surface area contributed by atoms with Gasteiger partial charge in [-0.2, -0.15) is 6.07 Å². The second-order valence-electron chi connectivity index (χ2n) is 5.12. The number of benzene rings is 1. The summed E-state index contributed by atoms with van der Waals surface area (Å²) in [6.07, 6.45) is 0. The standard InChI is InChI=1S/C9H6Br.C4H10N.C2H6Si.2HI.Zr/c10-9-5-7-3-1-2-4-8(7)6-9;1-4(2,3)5;1-3-2;;;/h1-6H;5H,1-3H3;1-2H3;2*1H;/q2*-1;;;;+4/p-2. The van der Waals surface area contributed by atoms with Crippen molar-refractivity contribution >= 4 is 72.3 Å². The SMILES string of the molecule is Brc1cc2ccccc2[cH-]1.CC(C)(C)[NH-].C[Si]C.[I][Zr+2][I]. The van der Waals surface area contributed by atoms with E-state index in [2.05, 4.69) is 102 Å². The molecule has 116 valence electrons. The molecule has 1 nitrogen and oxygen atoms in total. The molecule has 0 fully saturated rings. The van der Waals surface area contributed by atoms with Crippen LogP contribution in [0.4, 0.5) is 0 Å². The zero-order chi connectivity index (χ0) is 16.9. The molecule has 0 aliphatic heterocycles. The van der Waals surface area contributed by atoms with E-state index in [0.29, 0.717) is 0 Å². The summed E-state index contributed by atoms with van der Waals surface area (Å²) in [5.41, 5.74) is 6.69. The third-order valence-electron chi connectivity index (χ3n) is 1.58. The summed E-state index contributed by atoms with van der Waals surface area (Å²) in [5, 5.41) is 2.60. The van der Waals surface area contributed by atoms with Crippen LogP contribution in [0, 0.1) is 0 Å². The predicted molar refractivity (Wildman–Crippen MR) is 117 cm³/mol. The average Bonchev–Trinajstić information content (AvgIpc) is 2.68. The molecule has 0 aliphatic carbocycles. The van der Waals surface area contributed by atoms with Crippen molar-refractivity contribution < 1.29 is 14.9 Å². The van der Waals surface area contributed by atoms with Gasteiger partial charge < -0.3 is 5.73 Å². The van der Waals surface area contributed by atoms with E-state index in [0.717, 1.165) is 14.0 Å². The minimum absolute atomic E-state index is 0.170. The molecule has 0 atom stereocenters. The third kappa shape index (κ3) is 19.8. The minimum atomic E-state index is -0.250. The monoisotopic (exact) mass is 667 g/mol. The van der Waals surface area contributed by atoms with Crippen molar-refractivity contribution in [3.05, 3.63) is 46.6 Å². The van der Waals surface area contributed by atoms with E-state index in [-0.39, 0.29) is 20.4 Å². The van der Waals surface area contributed by atoms with E-state index in [9.17, 15) is 0 Å². The molecular weight excluding hydrogens is 647 g/mol. The van der Waals surface area contributed by atoms with Gasteiger partial charge in [-0.1, -0.05) is 60.3 Å². The molecule has 2 aromatic rings. The molecule has 2 aromatic carbocycles. The summed E-state index contributed by atoms with van der Waals surface area (Å²) in [4.78, 5) is 0. The number of rotatable bonds is 0. The molecule has 0 saturated heterocycles. The number of hydrogen-bond donors (Lipinski definition) is 0. The van der Waals surface area contributed by atoms with Crippen LogP contribution in [0.1, 0.15) is 20.8 Å². The average molecular weight is 669 g/mol. The van der Waals surface area contributed by atoms with E-state index in [1.807, 2.05) is 20.8 Å². The first-order valence-electron chi connectivity index (χ1n) is 6.30. The Labute approximate surface area is 170 Å². The predicted octanol–water partition coefficient (Wildman–Crippen LogP) is 7.71. The molecule has 0 unspecified atom stereocenters. The van der Waals surface area contributed by atoms with Crippen LogP contribution in [-0.4, -0.2) is 15.1 Å². The van der Waals surface area contributed by atoms with Gasteiger partial charge in [-0.3, -0.25) is 0 Å². The van der Waals surface area contributed by atoms with Gasteiger partial charge in [0.25, 0.3) is 0 Å². The van der Waals surface area contributed by atoms with E-state index < -0.39 is 0 Å². The summed E-state index contributed by atoms with van der Waals surface area (Å²) in [6, 6.07) is 12.6. The topological polar surface area (TPSA) is 23.8 Å². The van der Waals surface area contributed by atoms with Gasteiger partial charge in [0.2, 0.25) is 0 Å². The second kappa shape index (κ2) is 15.4. The van der Waals surface area contributed by atoms with Crippen molar-refractivity contribution in [2.45, 2.75) is 39.4 Å². The molecule has 21 heavy (non-hydrogen) atoms. The van der Waals surface area contributed by atoms with Crippen LogP contribution >= 0.6 is 52.0 Å². The van der Waals surface area contributed by atoms with Crippen molar-refractivity contribution in [2.75, 3.05) is 0 Å². The van der Waals surface area contributed by atoms with E-state index in [4.69, 9.17) is 5.73 Å². The Bertz CT molecular complexity index is 431. The zero-order valence-electron chi connectivity index (χ0n) is 13.1. The second-order valence-corrected chi connectivity index (χ2v) is 26.0. The Morgan fingerprint density at radius 1 is 1.19 bits per heavy atom. The molecule has 0 heterocycles. The first-order valence-corrected chi connectivity index (χ1v) is 23.7. The Hall–Kier alpha value is 1.83. The summed E-state index contributed by atoms with van der Waals surface area (Å²) < 4.78 is 1.16. The van der Waals surface area contributed by atoms with Crippen LogP contribution in [-0.2, 0) is 14.9 Å². The van der Waals surface area contributed by atoms with Crippen LogP contribution in [0.5, 0.6) is 0 Å². The van der Waals surface area contributed by atoms with Gasteiger partial charge in [0, 0.05) is 9.52 Å². The fraction of sp³-hybridized carbons (Fsp3) is 0.400. The Morgan fingerprint density at radius 3 is 1.95 bits per heavy atom. The van der Waals surface area contributed by atoms with Gasteiger partial charge in [-0.05, 0) is 0 Å². The van der Waals surface area contributed by atoms with Crippen LogP contribution in [0.25, 0.3) is 16.5 Å². The molecule has 0 aromatic heterocycles. The Balaban J connectivity index is 0. The van der Waals surface area contributed by atoms with Gasteiger partial charge >= 0.3 is 50.9 Å². The van der Waals surface area contributed by atoms with Crippen molar-refractivity contribution in [1.82, 2.24) is 0 Å². The van der Waals surface area contributed by atoms with Gasteiger partial charge in [0.05, 0.1) is 0 Å². The molecule has 2 rings (SSSR count). The fourth-order valence-corrected chi connectivity index (χ4v) is 1.61. The summed E-state index contributed by atoms with van der Waals surface area (Å²) >= 11 is 8.48. The summed E-state index contributed by atoms with van der Waals surface area (Å²) in [6.45, 7) is 9.87. The fourth-order valence-electron chi connectivity index (χ4n) is 1.11. The first-order chi connectivity index (χ1) is 9.69. The van der Waals surface area contributed by atoms with Crippen LogP contribution in [0.2, 0.25) is 13.1 Å². The molecule has 0 bridgehead atoms. The van der Waals surface area contributed by atoms with Crippen molar-refractivity contribution in [2.24, 2.45) is 0 Å². The van der Waals surface area contributed by atoms with Crippen molar-refractivity contribution in [3.63, 3.8) is 0 Å². The number of hydrogen-bond acceptors (Lipinski definition) is 0. The summed E-state index contributed by atoms with van der Waals surface area (Å²) in [7, 11) is 1.08. The van der Waals surface area contributed by atoms with Gasteiger partial charge in [-0.15, -0.1) is 40.6 Å². The van der Waals surface area contributed by atoms with Gasteiger partial charge in [0.15, 0.2) is 0 Å². The van der Waals surface area contributed by atoms with E-state index in [1.54, 1.807) is 0 Å². The summed E-state index contributed by atoms with van der Waals surface area (Å²) in [5.74, 6) is 0.